The monoisotopic (exact) mass is 406 g/mol. The van der Waals surface area contributed by atoms with Crippen LogP contribution >= 0.6 is 23.1 Å². The van der Waals surface area contributed by atoms with Gasteiger partial charge in [0.05, 0.1) is 22.4 Å². The third-order valence-electron chi connectivity index (χ3n) is 5.90. The number of hydrogen-bond acceptors (Lipinski definition) is 7. The first-order valence-corrected chi connectivity index (χ1v) is 11.4. The van der Waals surface area contributed by atoms with Crippen molar-refractivity contribution in [1.29, 1.82) is 0 Å². The zero-order valence-electron chi connectivity index (χ0n) is 16.0. The lowest BCUT2D eigenvalue weighted by Crippen LogP contribution is -2.43. The minimum absolute atomic E-state index is 0.0464. The van der Waals surface area contributed by atoms with Crippen LogP contribution in [0.15, 0.2) is 15.0 Å². The summed E-state index contributed by atoms with van der Waals surface area (Å²) in [7, 11) is 0. The highest BCUT2D eigenvalue weighted by Gasteiger charge is 2.42. The van der Waals surface area contributed by atoms with Crippen molar-refractivity contribution < 1.29 is 9.21 Å². The molecule has 0 saturated heterocycles. The molecule has 5 atom stereocenters. The zero-order chi connectivity index (χ0) is 19.0. The molecular formula is C19H26N4O2S2. The number of hydrogen-bond donors (Lipinski definition) is 1. The topological polar surface area (TPSA) is 80.9 Å². The Morgan fingerprint density at radius 2 is 2.22 bits per heavy atom. The average molecular weight is 407 g/mol. The first-order valence-electron chi connectivity index (χ1n) is 9.68. The molecule has 0 spiro atoms. The van der Waals surface area contributed by atoms with Gasteiger partial charge in [-0.25, -0.2) is 4.98 Å². The van der Waals surface area contributed by atoms with Crippen molar-refractivity contribution in [2.75, 3.05) is 0 Å². The molecular weight excluding hydrogens is 380 g/mol. The van der Waals surface area contributed by atoms with Crippen molar-refractivity contribution in [1.82, 2.24) is 20.5 Å². The highest BCUT2D eigenvalue weighted by molar-refractivity contribution is 8.00. The highest BCUT2D eigenvalue weighted by atomic mass is 32.2. The normalized spacial score (nSPS) is 26.3. The molecule has 6 nitrogen and oxygen atoms in total. The van der Waals surface area contributed by atoms with Crippen molar-refractivity contribution in [3.05, 3.63) is 22.0 Å². The Hall–Kier alpha value is -1.41. The predicted octanol–water partition coefficient (Wildman–Crippen LogP) is 3.85. The van der Waals surface area contributed by atoms with E-state index < -0.39 is 0 Å². The second-order valence-electron chi connectivity index (χ2n) is 7.89. The van der Waals surface area contributed by atoms with Gasteiger partial charge in [0.25, 0.3) is 5.22 Å². The summed E-state index contributed by atoms with van der Waals surface area (Å²) >= 11 is 2.92. The van der Waals surface area contributed by atoms with E-state index in [0.717, 1.165) is 22.5 Å². The molecule has 2 bridgehead atoms. The van der Waals surface area contributed by atoms with Crippen LogP contribution in [-0.4, -0.2) is 32.4 Å². The SMILES string of the molecule is Cc1nc(Cc2nnc(SC(C)C(=O)NC(C)C3CC4CCC3C4)o2)cs1. The number of rotatable bonds is 7. The van der Waals surface area contributed by atoms with E-state index in [4.69, 9.17) is 4.42 Å². The van der Waals surface area contributed by atoms with E-state index in [1.807, 2.05) is 19.2 Å². The Bertz CT molecular complexity index is 805. The molecule has 2 aliphatic carbocycles. The Kier molecular flexibility index (Phi) is 5.55. The molecule has 2 aromatic heterocycles. The van der Waals surface area contributed by atoms with E-state index in [2.05, 4.69) is 27.4 Å². The molecule has 0 aromatic carbocycles. The van der Waals surface area contributed by atoms with Crippen LogP contribution in [-0.2, 0) is 11.2 Å². The first kappa shape index (κ1) is 18.9. The van der Waals surface area contributed by atoms with Crippen molar-refractivity contribution in [3.8, 4) is 0 Å². The van der Waals surface area contributed by atoms with Gasteiger partial charge in [-0.2, -0.15) is 0 Å². The predicted molar refractivity (Wildman–Crippen MR) is 106 cm³/mol. The van der Waals surface area contributed by atoms with Gasteiger partial charge in [-0.05, 0) is 57.8 Å². The maximum absolute atomic E-state index is 12.6. The van der Waals surface area contributed by atoms with Gasteiger partial charge in [0.1, 0.15) is 0 Å². The summed E-state index contributed by atoms with van der Waals surface area (Å²) in [6.45, 7) is 6.02. The number of amides is 1. The van der Waals surface area contributed by atoms with Crippen LogP contribution in [0.1, 0.15) is 56.1 Å². The number of carbonyl (C=O) groups is 1. The lowest BCUT2D eigenvalue weighted by Gasteiger charge is -2.29. The highest BCUT2D eigenvalue weighted by Crippen LogP contribution is 2.49. The van der Waals surface area contributed by atoms with Gasteiger partial charge in [-0.15, -0.1) is 21.5 Å². The Morgan fingerprint density at radius 1 is 1.37 bits per heavy atom. The quantitative estimate of drug-likeness (QED) is 0.704. The molecule has 1 amide bonds. The molecule has 146 valence electrons. The van der Waals surface area contributed by atoms with Gasteiger partial charge in [-0.1, -0.05) is 18.2 Å². The summed E-state index contributed by atoms with van der Waals surface area (Å²) in [6.07, 6.45) is 5.88. The van der Waals surface area contributed by atoms with Crippen molar-refractivity contribution in [3.63, 3.8) is 0 Å². The van der Waals surface area contributed by atoms with E-state index >= 15 is 0 Å². The van der Waals surface area contributed by atoms with E-state index in [0.29, 0.717) is 23.5 Å². The number of thioether (sulfide) groups is 1. The number of carbonyl (C=O) groups excluding carboxylic acids is 1. The van der Waals surface area contributed by atoms with Crippen LogP contribution in [0.25, 0.3) is 0 Å². The third kappa shape index (κ3) is 4.37. The fourth-order valence-electron chi connectivity index (χ4n) is 4.56. The largest absolute Gasteiger partial charge is 0.416 e. The van der Waals surface area contributed by atoms with E-state index in [1.54, 1.807) is 11.3 Å². The van der Waals surface area contributed by atoms with Crippen molar-refractivity contribution in [2.24, 2.45) is 17.8 Å². The van der Waals surface area contributed by atoms with Gasteiger partial charge in [-0.3, -0.25) is 4.79 Å². The molecule has 4 rings (SSSR count). The fraction of sp³-hybridized carbons (Fsp3) is 0.684. The van der Waals surface area contributed by atoms with Crippen LogP contribution in [0.2, 0.25) is 0 Å². The Balaban J connectivity index is 1.28. The Morgan fingerprint density at radius 3 is 2.89 bits per heavy atom. The number of thiazole rings is 1. The number of nitrogens with zero attached hydrogens (tertiary/aromatic N) is 3. The summed E-state index contributed by atoms with van der Waals surface area (Å²) in [6, 6.07) is 0.238. The van der Waals surface area contributed by atoms with Crippen LogP contribution < -0.4 is 5.32 Å². The smallest absolute Gasteiger partial charge is 0.277 e. The molecule has 2 aliphatic rings. The van der Waals surface area contributed by atoms with E-state index in [-0.39, 0.29) is 17.2 Å². The summed E-state index contributed by atoms with van der Waals surface area (Å²) in [5.74, 6) is 2.92. The summed E-state index contributed by atoms with van der Waals surface area (Å²) < 4.78 is 5.69. The van der Waals surface area contributed by atoms with Gasteiger partial charge < -0.3 is 9.73 Å². The van der Waals surface area contributed by atoms with Crippen LogP contribution in [0.3, 0.4) is 0 Å². The molecule has 2 heterocycles. The molecule has 2 aromatic rings. The van der Waals surface area contributed by atoms with Gasteiger partial charge in [0.15, 0.2) is 0 Å². The van der Waals surface area contributed by atoms with Crippen LogP contribution in [0, 0.1) is 24.7 Å². The van der Waals surface area contributed by atoms with E-state index in [1.165, 1.54) is 37.4 Å². The first-order chi connectivity index (χ1) is 13.0. The lowest BCUT2D eigenvalue weighted by molar-refractivity contribution is -0.121. The molecule has 8 heteroatoms. The minimum Gasteiger partial charge on any atom is -0.416 e. The second kappa shape index (κ2) is 7.91. The second-order valence-corrected chi connectivity index (χ2v) is 10.2. The maximum Gasteiger partial charge on any atom is 0.277 e. The molecule has 5 unspecified atom stereocenters. The zero-order valence-corrected chi connectivity index (χ0v) is 17.6. The number of aryl methyl sites for hydroxylation is 1. The van der Waals surface area contributed by atoms with Crippen LogP contribution in [0.4, 0.5) is 0 Å². The van der Waals surface area contributed by atoms with Gasteiger partial charge in [0.2, 0.25) is 11.8 Å². The Labute approximate surface area is 167 Å². The summed E-state index contributed by atoms with van der Waals surface area (Å²) in [5.41, 5.74) is 0.933. The third-order valence-corrected chi connectivity index (χ3v) is 7.66. The lowest BCUT2D eigenvalue weighted by atomic mass is 9.84. The molecule has 2 saturated carbocycles. The molecule has 0 aliphatic heterocycles. The fourth-order valence-corrected chi connectivity index (χ4v) is 5.88. The molecule has 27 heavy (non-hydrogen) atoms. The maximum atomic E-state index is 12.6. The summed E-state index contributed by atoms with van der Waals surface area (Å²) in [4.78, 5) is 17.0. The van der Waals surface area contributed by atoms with E-state index in [9.17, 15) is 4.79 Å². The van der Waals surface area contributed by atoms with Gasteiger partial charge >= 0.3 is 0 Å². The van der Waals surface area contributed by atoms with Crippen LogP contribution in [0.5, 0.6) is 0 Å². The van der Waals surface area contributed by atoms with Crippen molar-refractivity contribution >= 4 is 29.0 Å². The van der Waals surface area contributed by atoms with Crippen molar-refractivity contribution in [2.45, 2.75) is 69.4 Å². The summed E-state index contributed by atoms with van der Waals surface area (Å²) in [5, 5.41) is 14.6. The standard InChI is InChI=1S/C19H26N4O2S2/c1-10(16-7-13-4-5-14(16)6-13)20-18(24)11(2)27-19-23-22-17(25-19)8-15-9-26-12(3)21-15/h9-11,13-14,16H,4-8H2,1-3H3,(H,20,24). The van der Waals surface area contributed by atoms with Gasteiger partial charge in [0, 0.05) is 11.4 Å². The molecule has 1 N–H and O–H groups in total. The average Bonchev–Trinajstić information content (AvgIpc) is 3.41. The number of fused-ring (bicyclic) bond motifs is 2. The molecule has 2 fully saturated rings. The molecule has 0 radical (unpaired) electrons. The number of aromatic nitrogens is 3. The minimum atomic E-state index is -0.263. The number of nitrogens with one attached hydrogen (secondary N) is 1.